The summed E-state index contributed by atoms with van der Waals surface area (Å²) in [6, 6.07) is 7.77. The Hall–Kier alpha value is -2.51. The van der Waals surface area contributed by atoms with Crippen LogP contribution < -0.4 is 4.90 Å². The van der Waals surface area contributed by atoms with Crippen molar-refractivity contribution in [3.63, 3.8) is 0 Å². The summed E-state index contributed by atoms with van der Waals surface area (Å²) in [5.41, 5.74) is 4.16. The van der Waals surface area contributed by atoms with Crippen LogP contribution in [0.3, 0.4) is 0 Å². The van der Waals surface area contributed by atoms with Crippen molar-refractivity contribution in [3.8, 4) is 0 Å². The molecule has 0 fully saturated rings. The molecule has 0 aliphatic heterocycles. The zero-order chi connectivity index (χ0) is 20.4. The van der Waals surface area contributed by atoms with E-state index in [9.17, 15) is 9.59 Å². The van der Waals surface area contributed by atoms with Gasteiger partial charge in [0, 0.05) is 22.1 Å². The van der Waals surface area contributed by atoms with E-state index in [1.165, 1.54) is 18.3 Å². The van der Waals surface area contributed by atoms with E-state index in [4.69, 9.17) is 4.74 Å². The van der Waals surface area contributed by atoms with Gasteiger partial charge in [-0.25, -0.2) is 9.78 Å². The highest BCUT2D eigenvalue weighted by Crippen LogP contribution is 2.32. The second kappa shape index (κ2) is 8.24. The molecule has 3 rings (SSSR count). The van der Waals surface area contributed by atoms with Gasteiger partial charge in [0.15, 0.2) is 5.13 Å². The predicted octanol–water partition coefficient (Wildman–Crippen LogP) is 5.48. The predicted molar refractivity (Wildman–Crippen MR) is 114 cm³/mol. The number of hydrogen-bond donors (Lipinski definition) is 0. The van der Waals surface area contributed by atoms with E-state index < -0.39 is 0 Å². The van der Waals surface area contributed by atoms with Crippen molar-refractivity contribution in [3.05, 3.63) is 61.8 Å². The normalized spacial score (nSPS) is 10.8. The molecule has 2 aromatic heterocycles. The van der Waals surface area contributed by atoms with Gasteiger partial charge < -0.3 is 4.74 Å². The van der Waals surface area contributed by atoms with Crippen LogP contribution in [0.25, 0.3) is 0 Å². The SMILES string of the molecule is CC(=O)N(c1nc(COC(=O)c2cc(C)sc2C)cs1)c1ccc(C)cc1C. The summed E-state index contributed by atoms with van der Waals surface area (Å²) in [4.78, 5) is 32.7. The quantitative estimate of drug-likeness (QED) is 0.519. The number of ether oxygens (including phenoxy) is 1. The smallest absolute Gasteiger partial charge is 0.339 e. The third kappa shape index (κ3) is 4.31. The minimum atomic E-state index is -0.353. The molecule has 1 aromatic carbocycles. The average Bonchev–Trinajstić information content (AvgIpc) is 3.21. The van der Waals surface area contributed by atoms with Crippen molar-refractivity contribution < 1.29 is 14.3 Å². The number of carbonyl (C=O) groups excluding carboxylic acids is 2. The molecule has 2 heterocycles. The first-order chi connectivity index (χ1) is 13.3. The molecule has 3 aromatic rings. The van der Waals surface area contributed by atoms with Gasteiger partial charge in [-0.15, -0.1) is 22.7 Å². The molecule has 0 radical (unpaired) electrons. The minimum Gasteiger partial charge on any atom is -0.456 e. The van der Waals surface area contributed by atoms with Gasteiger partial charge in [-0.05, 0) is 45.4 Å². The van der Waals surface area contributed by atoms with Crippen molar-refractivity contribution in [1.29, 1.82) is 0 Å². The fraction of sp³-hybridized carbons (Fsp3) is 0.286. The van der Waals surface area contributed by atoms with Crippen molar-refractivity contribution >= 4 is 45.4 Å². The minimum absolute atomic E-state index is 0.0717. The number of thiazole rings is 1. The molecule has 0 spiro atoms. The first-order valence-corrected chi connectivity index (χ1v) is 10.5. The summed E-state index contributed by atoms with van der Waals surface area (Å²) in [6.07, 6.45) is 0. The second-order valence-electron chi connectivity index (χ2n) is 6.67. The number of rotatable bonds is 5. The van der Waals surface area contributed by atoms with Crippen molar-refractivity contribution in [1.82, 2.24) is 4.98 Å². The van der Waals surface area contributed by atoms with E-state index in [-0.39, 0.29) is 18.5 Å². The number of nitrogens with zero attached hydrogens (tertiary/aromatic N) is 2. The highest BCUT2D eigenvalue weighted by atomic mass is 32.1. The molecule has 0 saturated carbocycles. The summed E-state index contributed by atoms with van der Waals surface area (Å²) in [5, 5.41) is 2.38. The van der Waals surface area contributed by atoms with Crippen LogP contribution in [0.1, 0.15) is 43.9 Å². The van der Waals surface area contributed by atoms with Crippen LogP contribution in [0, 0.1) is 27.7 Å². The first kappa shape index (κ1) is 20.2. The Labute approximate surface area is 172 Å². The maximum absolute atomic E-state index is 12.3. The lowest BCUT2D eigenvalue weighted by Gasteiger charge is -2.20. The lowest BCUT2D eigenvalue weighted by Crippen LogP contribution is -2.23. The second-order valence-corrected chi connectivity index (χ2v) is 8.97. The van der Waals surface area contributed by atoms with E-state index in [2.05, 4.69) is 4.98 Å². The zero-order valence-electron chi connectivity index (χ0n) is 16.5. The Morgan fingerprint density at radius 2 is 1.89 bits per heavy atom. The molecule has 0 bridgehead atoms. The van der Waals surface area contributed by atoms with Crippen molar-refractivity contribution in [2.24, 2.45) is 0 Å². The van der Waals surface area contributed by atoms with E-state index in [1.807, 2.05) is 57.3 Å². The zero-order valence-corrected chi connectivity index (χ0v) is 18.2. The molecule has 0 aliphatic rings. The van der Waals surface area contributed by atoms with Crippen LogP contribution in [0.5, 0.6) is 0 Å². The highest BCUT2D eigenvalue weighted by Gasteiger charge is 2.20. The average molecular weight is 415 g/mol. The lowest BCUT2D eigenvalue weighted by molar-refractivity contribution is -0.115. The van der Waals surface area contributed by atoms with E-state index in [0.29, 0.717) is 16.4 Å². The number of benzene rings is 1. The van der Waals surface area contributed by atoms with Crippen LogP contribution >= 0.6 is 22.7 Å². The molecular formula is C21H22N2O3S2. The topological polar surface area (TPSA) is 59.5 Å². The molecular weight excluding hydrogens is 392 g/mol. The van der Waals surface area contributed by atoms with Gasteiger partial charge in [0.1, 0.15) is 6.61 Å². The molecule has 0 saturated heterocycles. The van der Waals surface area contributed by atoms with E-state index in [1.54, 1.807) is 16.2 Å². The summed E-state index contributed by atoms with van der Waals surface area (Å²) in [6.45, 7) is 9.44. The van der Waals surface area contributed by atoms with Gasteiger partial charge in [-0.2, -0.15) is 0 Å². The molecule has 0 N–H and O–H groups in total. The Kier molecular flexibility index (Phi) is 5.96. The third-order valence-electron chi connectivity index (χ3n) is 4.25. The highest BCUT2D eigenvalue weighted by molar-refractivity contribution is 7.14. The number of hydrogen-bond acceptors (Lipinski definition) is 6. The van der Waals surface area contributed by atoms with Crippen LogP contribution in [0.15, 0.2) is 29.6 Å². The van der Waals surface area contributed by atoms with Gasteiger partial charge in [0.2, 0.25) is 5.91 Å². The largest absolute Gasteiger partial charge is 0.456 e. The maximum Gasteiger partial charge on any atom is 0.339 e. The molecule has 146 valence electrons. The molecule has 7 heteroatoms. The van der Waals surface area contributed by atoms with Gasteiger partial charge in [-0.3, -0.25) is 9.69 Å². The van der Waals surface area contributed by atoms with E-state index in [0.717, 1.165) is 26.6 Å². The molecule has 5 nitrogen and oxygen atoms in total. The fourth-order valence-corrected chi connectivity index (χ4v) is 4.76. The van der Waals surface area contributed by atoms with Crippen LogP contribution in [-0.4, -0.2) is 16.9 Å². The van der Waals surface area contributed by atoms with Crippen LogP contribution in [-0.2, 0) is 16.1 Å². The van der Waals surface area contributed by atoms with Crippen molar-refractivity contribution in [2.75, 3.05) is 4.90 Å². The molecule has 0 aliphatic carbocycles. The Morgan fingerprint density at radius 1 is 1.14 bits per heavy atom. The number of anilines is 2. The fourth-order valence-electron chi connectivity index (χ4n) is 2.98. The number of thiophene rings is 1. The van der Waals surface area contributed by atoms with Gasteiger partial charge in [0.25, 0.3) is 0 Å². The van der Waals surface area contributed by atoms with E-state index >= 15 is 0 Å². The number of aryl methyl sites for hydroxylation is 4. The van der Waals surface area contributed by atoms with Gasteiger partial charge >= 0.3 is 5.97 Å². The summed E-state index contributed by atoms with van der Waals surface area (Å²) >= 11 is 2.93. The summed E-state index contributed by atoms with van der Waals surface area (Å²) in [5.74, 6) is -0.469. The summed E-state index contributed by atoms with van der Waals surface area (Å²) < 4.78 is 5.42. The van der Waals surface area contributed by atoms with Crippen molar-refractivity contribution in [2.45, 2.75) is 41.2 Å². The summed E-state index contributed by atoms with van der Waals surface area (Å²) in [7, 11) is 0. The number of esters is 1. The Balaban J connectivity index is 1.77. The molecule has 1 amide bonds. The monoisotopic (exact) mass is 414 g/mol. The third-order valence-corrected chi connectivity index (χ3v) is 6.09. The first-order valence-electron chi connectivity index (χ1n) is 8.82. The number of carbonyl (C=O) groups is 2. The van der Waals surface area contributed by atoms with Crippen LogP contribution in [0.4, 0.5) is 10.8 Å². The molecule has 0 unspecified atom stereocenters. The van der Waals surface area contributed by atoms with Gasteiger partial charge in [0.05, 0.1) is 16.9 Å². The standard InChI is InChI=1S/C21H22N2O3S2/c1-12-6-7-19(13(2)8-12)23(16(5)24)21-22-17(11-27-21)10-26-20(25)18-9-14(3)28-15(18)4/h6-9,11H,10H2,1-5H3. The maximum atomic E-state index is 12.3. The van der Waals surface area contributed by atoms with Crippen LogP contribution in [0.2, 0.25) is 0 Å². The lowest BCUT2D eigenvalue weighted by atomic mass is 10.1. The number of amides is 1. The Bertz CT molecular complexity index is 1040. The number of aromatic nitrogens is 1. The van der Waals surface area contributed by atoms with Gasteiger partial charge in [-0.1, -0.05) is 17.7 Å². The molecule has 28 heavy (non-hydrogen) atoms. The molecule has 0 atom stereocenters. The Morgan fingerprint density at radius 3 is 2.50 bits per heavy atom.